The van der Waals surface area contributed by atoms with Crippen molar-refractivity contribution < 1.29 is 14.0 Å². The van der Waals surface area contributed by atoms with Crippen LogP contribution in [-0.2, 0) is 9.59 Å². The molecule has 1 aliphatic rings. The molecule has 5 nitrogen and oxygen atoms in total. The number of halogens is 3. The van der Waals surface area contributed by atoms with Crippen LogP contribution in [0.15, 0.2) is 64.6 Å². The molecule has 0 spiro atoms. The van der Waals surface area contributed by atoms with E-state index in [1.807, 2.05) is 0 Å². The van der Waals surface area contributed by atoms with Crippen LogP contribution in [0.5, 0.6) is 0 Å². The molecule has 1 N–H and O–H groups in total. The highest BCUT2D eigenvalue weighted by atomic mass is 35.5. The van der Waals surface area contributed by atoms with Gasteiger partial charge in [0.15, 0.2) is 5.11 Å². The van der Waals surface area contributed by atoms with Gasteiger partial charge in [-0.1, -0.05) is 34.8 Å². The summed E-state index contributed by atoms with van der Waals surface area (Å²) < 4.78 is 5.77. The molecular formula is C21H11Cl3N2O3S. The summed E-state index contributed by atoms with van der Waals surface area (Å²) in [5.41, 5.74) is 0.944. The zero-order chi connectivity index (χ0) is 21.4. The van der Waals surface area contributed by atoms with Crippen LogP contribution in [-0.4, -0.2) is 16.9 Å². The average molecular weight is 478 g/mol. The van der Waals surface area contributed by atoms with Crippen molar-refractivity contribution in [3.63, 3.8) is 0 Å². The molecule has 0 radical (unpaired) electrons. The van der Waals surface area contributed by atoms with Gasteiger partial charge in [0.2, 0.25) is 0 Å². The van der Waals surface area contributed by atoms with E-state index < -0.39 is 11.8 Å². The minimum absolute atomic E-state index is 0.0182. The number of hydrogen-bond donors (Lipinski definition) is 1. The number of anilines is 1. The Labute approximate surface area is 191 Å². The van der Waals surface area contributed by atoms with Crippen molar-refractivity contribution in [3.05, 3.63) is 81.0 Å². The molecule has 150 valence electrons. The van der Waals surface area contributed by atoms with Crippen molar-refractivity contribution in [2.45, 2.75) is 0 Å². The molecule has 0 bridgehead atoms. The number of carbonyl (C=O) groups is 2. The quantitative estimate of drug-likeness (QED) is 0.297. The number of rotatable bonds is 3. The van der Waals surface area contributed by atoms with Crippen molar-refractivity contribution in [2.75, 3.05) is 4.90 Å². The smallest absolute Gasteiger partial charge is 0.270 e. The molecule has 0 saturated carbocycles. The third kappa shape index (κ3) is 4.00. The van der Waals surface area contributed by atoms with Crippen molar-refractivity contribution in [1.29, 1.82) is 0 Å². The normalized spacial score (nSPS) is 15.6. The van der Waals surface area contributed by atoms with E-state index in [0.29, 0.717) is 37.8 Å². The van der Waals surface area contributed by atoms with Gasteiger partial charge >= 0.3 is 0 Å². The van der Waals surface area contributed by atoms with Gasteiger partial charge in [0.1, 0.15) is 17.1 Å². The lowest BCUT2D eigenvalue weighted by Crippen LogP contribution is -2.54. The maximum absolute atomic E-state index is 13.0. The fraction of sp³-hybridized carbons (Fsp3) is 0. The monoisotopic (exact) mass is 476 g/mol. The number of benzene rings is 2. The first-order chi connectivity index (χ1) is 14.3. The number of furan rings is 1. The van der Waals surface area contributed by atoms with Gasteiger partial charge in [-0.15, -0.1) is 0 Å². The zero-order valence-electron chi connectivity index (χ0n) is 15.0. The Morgan fingerprint density at radius 1 is 0.933 bits per heavy atom. The van der Waals surface area contributed by atoms with Gasteiger partial charge in [-0.2, -0.15) is 0 Å². The Morgan fingerprint density at radius 3 is 2.37 bits per heavy atom. The molecule has 1 fully saturated rings. The van der Waals surface area contributed by atoms with E-state index in [9.17, 15) is 9.59 Å². The van der Waals surface area contributed by atoms with Crippen molar-refractivity contribution >= 4 is 75.7 Å². The Balaban J connectivity index is 1.69. The standard InChI is InChI=1S/C21H11Cl3N2O3S/c22-11-1-4-13(5-2-11)26-20(28)16(19(27)25-21(26)30)10-14-6-8-18(29-14)15-9-12(23)3-7-17(15)24/h1-10H,(H,25,27,30)/b16-10+. The number of nitrogens with zero attached hydrogens (tertiary/aromatic N) is 1. The van der Waals surface area contributed by atoms with E-state index in [1.165, 1.54) is 11.0 Å². The minimum atomic E-state index is -0.617. The van der Waals surface area contributed by atoms with Crippen LogP contribution in [0.2, 0.25) is 15.1 Å². The third-order valence-corrected chi connectivity index (χ3v) is 5.40. The van der Waals surface area contributed by atoms with Crippen molar-refractivity contribution in [2.24, 2.45) is 0 Å². The highest BCUT2D eigenvalue weighted by molar-refractivity contribution is 7.80. The fourth-order valence-electron chi connectivity index (χ4n) is 2.89. The molecule has 3 aromatic rings. The largest absolute Gasteiger partial charge is 0.457 e. The van der Waals surface area contributed by atoms with E-state index >= 15 is 0 Å². The van der Waals surface area contributed by atoms with Crippen LogP contribution >= 0.6 is 47.0 Å². The van der Waals surface area contributed by atoms with E-state index in [4.69, 9.17) is 51.4 Å². The SMILES string of the molecule is O=C1NC(=S)N(c2ccc(Cl)cc2)C(=O)/C1=C/c1ccc(-c2cc(Cl)ccc2Cl)o1. The van der Waals surface area contributed by atoms with E-state index in [1.54, 1.807) is 54.6 Å². The second kappa shape index (κ2) is 8.24. The number of hydrogen-bond acceptors (Lipinski definition) is 4. The van der Waals surface area contributed by atoms with Gasteiger partial charge < -0.3 is 4.42 Å². The number of amides is 2. The summed E-state index contributed by atoms with van der Waals surface area (Å²) in [7, 11) is 0. The first-order valence-electron chi connectivity index (χ1n) is 8.56. The Kier molecular flexibility index (Phi) is 5.66. The van der Waals surface area contributed by atoms with Crippen LogP contribution in [0.4, 0.5) is 5.69 Å². The number of nitrogens with one attached hydrogen (secondary N) is 1. The first-order valence-corrected chi connectivity index (χ1v) is 10.1. The maximum Gasteiger partial charge on any atom is 0.270 e. The van der Waals surface area contributed by atoms with Gasteiger partial charge in [-0.25, -0.2) is 0 Å². The molecule has 0 unspecified atom stereocenters. The topological polar surface area (TPSA) is 62.6 Å². The van der Waals surface area contributed by atoms with Gasteiger partial charge in [-0.3, -0.25) is 19.8 Å². The Morgan fingerprint density at radius 2 is 1.63 bits per heavy atom. The number of thiocarbonyl (C=S) groups is 1. The lowest BCUT2D eigenvalue weighted by atomic mass is 10.1. The summed E-state index contributed by atoms with van der Waals surface area (Å²) in [6.07, 6.45) is 1.35. The summed E-state index contributed by atoms with van der Waals surface area (Å²) >= 11 is 23.3. The second-order valence-corrected chi connectivity index (χ2v) is 7.93. The molecule has 2 amide bonds. The highest BCUT2D eigenvalue weighted by Gasteiger charge is 2.34. The highest BCUT2D eigenvalue weighted by Crippen LogP contribution is 2.32. The Bertz CT molecular complexity index is 1220. The van der Waals surface area contributed by atoms with Crippen LogP contribution in [0.25, 0.3) is 17.4 Å². The van der Waals surface area contributed by atoms with E-state index in [0.717, 1.165) is 0 Å². The van der Waals surface area contributed by atoms with Crippen LogP contribution in [0, 0.1) is 0 Å². The molecule has 0 aliphatic carbocycles. The Hall–Kier alpha value is -2.64. The predicted molar refractivity (Wildman–Crippen MR) is 122 cm³/mol. The molecule has 9 heteroatoms. The fourth-order valence-corrected chi connectivity index (χ4v) is 3.68. The molecule has 1 aromatic heterocycles. The van der Waals surface area contributed by atoms with E-state index in [-0.39, 0.29) is 10.7 Å². The summed E-state index contributed by atoms with van der Waals surface area (Å²) in [5, 5.41) is 3.96. The molecule has 4 rings (SSSR count). The van der Waals surface area contributed by atoms with Crippen LogP contribution in [0.3, 0.4) is 0 Å². The molecule has 1 aliphatic heterocycles. The van der Waals surface area contributed by atoms with Crippen LogP contribution in [0.1, 0.15) is 5.76 Å². The predicted octanol–water partition coefficient (Wildman–Crippen LogP) is 5.74. The van der Waals surface area contributed by atoms with Gasteiger partial charge in [0.05, 0.1) is 10.7 Å². The molecule has 1 saturated heterocycles. The minimum Gasteiger partial charge on any atom is -0.457 e. The van der Waals surface area contributed by atoms with Crippen LogP contribution < -0.4 is 10.2 Å². The first kappa shape index (κ1) is 20.6. The molecule has 2 heterocycles. The van der Waals surface area contributed by atoms with Gasteiger partial charge in [0, 0.05) is 15.6 Å². The van der Waals surface area contributed by atoms with Crippen molar-refractivity contribution in [1.82, 2.24) is 5.32 Å². The lowest BCUT2D eigenvalue weighted by molar-refractivity contribution is -0.122. The van der Waals surface area contributed by atoms with Gasteiger partial charge in [-0.05, 0) is 72.9 Å². The maximum atomic E-state index is 13.0. The molecular weight excluding hydrogens is 467 g/mol. The molecule has 0 atom stereocenters. The molecule has 2 aromatic carbocycles. The summed E-state index contributed by atoms with van der Waals surface area (Å²) in [5.74, 6) is -0.453. The molecule has 30 heavy (non-hydrogen) atoms. The second-order valence-electron chi connectivity index (χ2n) is 6.26. The summed E-state index contributed by atoms with van der Waals surface area (Å²) in [6.45, 7) is 0. The summed E-state index contributed by atoms with van der Waals surface area (Å²) in [6, 6.07) is 14.8. The van der Waals surface area contributed by atoms with Crippen molar-refractivity contribution in [3.8, 4) is 11.3 Å². The zero-order valence-corrected chi connectivity index (χ0v) is 18.1. The van der Waals surface area contributed by atoms with Gasteiger partial charge in [0.25, 0.3) is 11.8 Å². The summed E-state index contributed by atoms with van der Waals surface area (Å²) in [4.78, 5) is 26.6. The number of carbonyl (C=O) groups excluding carboxylic acids is 2. The lowest BCUT2D eigenvalue weighted by Gasteiger charge is -2.28. The average Bonchev–Trinajstić information content (AvgIpc) is 3.17. The third-order valence-electron chi connectivity index (χ3n) is 4.29. The van der Waals surface area contributed by atoms with E-state index in [2.05, 4.69) is 5.32 Å².